The number of aromatic nitrogens is 2. The molecule has 0 aliphatic rings. The second-order valence-electron chi connectivity index (χ2n) is 6.01. The Labute approximate surface area is 147 Å². The number of nitrogens with one attached hydrogen (secondary N) is 2. The number of para-hydroxylation sites is 1. The average molecular weight is 334 g/mol. The largest absolute Gasteiger partial charge is 0.338 e. The Kier molecular flexibility index (Phi) is 5.14. The normalized spacial score (nSPS) is 10.5. The summed E-state index contributed by atoms with van der Waals surface area (Å²) in [6.45, 7) is 4.59. The van der Waals surface area contributed by atoms with Gasteiger partial charge in [-0.1, -0.05) is 30.3 Å². The maximum absolute atomic E-state index is 12.0. The first-order valence-corrected chi connectivity index (χ1v) is 8.33. The van der Waals surface area contributed by atoms with E-state index in [1.807, 2.05) is 79.5 Å². The number of aryl methyl sites for hydroxylation is 1. The van der Waals surface area contributed by atoms with E-state index in [-0.39, 0.29) is 6.03 Å². The Bertz CT molecular complexity index is 855. The zero-order valence-corrected chi connectivity index (χ0v) is 14.5. The Morgan fingerprint density at radius 2 is 1.88 bits per heavy atom. The van der Waals surface area contributed by atoms with Crippen LogP contribution in [0.25, 0.3) is 5.69 Å². The zero-order valence-electron chi connectivity index (χ0n) is 14.5. The van der Waals surface area contributed by atoms with Gasteiger partial charge in [0.05, 0.1) is 11.9 Å². The van der Waals surface area contributed by atoms with Gasteiger partial charge in [0.25, 0.3) is 0 Å². The molecule has 0 bridgehead atoms. The average Bonchev–Trinajstić information content (AvgIpc) is 3.09. The molecule has 3 aromatic rings. The molecule has 3 rings (SSSR count). The fourth-order valence-corrected chi connectivity index (χ4v) is 2.58. The summed E-state index contributed by atoms with van der Waals surface area (Å²) in [6, 6.07) is 15.6. The van der Waals surface area contributed by atoms with Gasteiger partial charge in [0.1, 0.15) is 0 Å². The van der Waals surface area contributed by atoms with Crippen molar-refractivity contribution in [3.8, 4) is 5.69 Å². The van der Waals surface area contributed by atoms with Crippen molar-refractivity contribution in [3.05, 3.63) is 77.6 Å². The molecule has 128 valence electrons. The molecular weight excluding hydrogens is 312 g/mol. The lowest BCUT2D eigenvalue weighted by atomic mass is 10.1. The molecule has 5 heteroatoms. The summed E-state index contributed by atoms with van der Waals surface area (Å²) in [5.41, 5.74) is 5.19. The fourth-order valence-electron chi connectivity index (χ4n) is 2.58. The van der Waals surface area contributed by atoms with Gasteiger partial charge < -0.3 is 10.6 Å². The minimum absolute atomic E-state index is 0.191. The molecule has 2 amide bonds. The minimum atomic E-state index is -0.191. The number of hydrogen-bond donors (Lipinski definition) is 2. The summed E-state index contributed by atoms with van der Waals surface area (Å²) < 4.78 is 1.84. The van der Waals surface area contributed by atoms with E-state index in [0.717, 1.165) is 34.5 Å². The van der Waals surface area contributed by atoms with Crippen LogP contribution in [0.2, 0.25) is 0 Å². The molecule has 0 fully saturated rings. The predicted molar refractivity (Wildman–Crippen MR) is 100 cm³/mol. The second kappa shape index (κ2) is 7.66. The minimum Gasteiger partial charge on any atom is -0.338 e. The lowest BCUT2D eigenvalue weighted by molar-refractivity contribution is 0.252. The van der Waals surface area contributed by atoms with Crippen LogP contribution in [0.15, 0.2) is 60.9 Å². The number of urea groups is 1. The van der Waals surface area contributed by atoms with Crippen LogP contribution in [0.3, 0.4) is 0 Å². The third kappa shape index (κ3) is 4.26. The van der Waals surface area contributed by atoms with Crippen molar-refractivity contribution >= 4 is 11.7 Å². The number of amides is 2. The van der Waals surface area contributed by atoms with Crippen molar-refractivity contribution in [1.82, 2.24) is 15.1 Å². The van der Waals surface area contributed by atoms with E-state index in [2.05, 4.69) is 15.7 Å². The summed E-state index contributed by atoms with van der Waals surface area (Å²) in [4.78, 5) is 12.0. The molecule has 0 atom stereocenters. The first kappa shape index (κ1) is 16.8. The number of rotatable bonds is 5. The molecule has 0 saturated heterocycles. The van der Waals surface area contributed by atoms with Gasteiger partial charge >= 0.3 is 6.03 Å². The zero-order chi connectivity index (χ0) is 17.6. The summed E-state index contributed by atoms with van der Waals surface area (Å²) in [5, 5.41) is 10.1. The highest BCUT2D eigenvalue weighted by molar-refractivity contribution is 5.90. The van der Waals surface area contributed by atoms with Crippen LogP contribution in [0, 0.1) is 13.8 Å². The van der Waals surface area contributed by atoms with Crippen LogP contribution >= 0.6 is 0 Å². The number of nitrogens with zero attached hydrogens (tertiary/aromatic N) is 2. The smallest absolute Gasteiger partial charge is 0.319 e. The van der Waals surface area contributed by atoms with E-state index >= 15 is 0 Å². The van der Waals surface area contributed by atoms with Gasteiger partial charge in [-0.3, -0.25) is 0 Å². The van der Waals surface area contributed by atoms with E-state index in [1.165, 1.54) is 0 Å². The van der Waals surface area contributed by atoms with E-state index < -0.39 is 0 Å². The van der Waals surface area contributed by atoms with Crippen molar-refractivity contribution in [2.75, 3.05) is 11.9 Å². The topological polar surface area (TPSA) is 59.0 Å². The van der Waals surface area contributed by atoms with Crippen LogP contribution in [0.1, 0.15) is 16.7 Å². The molecule has 2 N–H and O–H groups in total. The molecule has 0 unspecified atom stereocenters. The van der Waals surface area contributed by atoms with Crippen molar-refractivity contribution in [2.24, 2.45) is 0 Å². The summed E-state index contributed by atoms with van der Waals surface area (Å²) in [6.07, 6.45) is 4.55. The number of carbonyl (C=O) groups excluding carboxylic acids is 1. The lowest BCUT2D eigenvalue weighted by Gasteiger charge is -2.11. The Balaban J connectivity index is 1.50. The molecule has 1 aromatic heterocycles. The Morgan fingerprint density at radius 3 is 2.68 bits per heavy atom. The Hall–Kier alpha value is -3.08. The third-order valence-electron chi connectivity index (χ3n) is 4.21. The van der Waals surface area contributed by atoms with Crippen LogP contribution in [-0.4, -0.2) is 22.4 Å². The van der Waals surface area contributed by atoms with Gasteiger partial charge in [-0.15, -0.1) is 0 Å². The fraction of sp³-hybridized carbons (Fsp3) is 0.200. The second-order valence-corrected chi connectivity index (χ2v) is 6.01. The number of carbonyl (C=O) groups is 1. The van der Waals surface area contributed by atoms with Crippen molar-refractivity contribution in [1.29, 1.82) is 0 Å². The molecular formula is C20H22N4O. The van der Waals surface area contributed by atoms with E-state index in [9.17, 15) is 4.79 Å². The molecule has 0 aliphatic heterocycles. The third-order valence-corrected chi connectivity index (χ3v) is 4.21. The lowest BCUT2D eigenvalue weighted by Crippen LogP contribution is -2.30. The molecule has 0 spiro atoms. The maximum atomic E-state index is 12.0. The van der Waals surface area contributed by atoms with Gasteiger partial charge in [-0.2, -0.15) is 5.10 Å². The first-order valence-electron chi connectivity index (χ1n) is 8.33. The summed E-state index contributed by atoms with van der Waals surface area (Å²) >= 11 is 0. The number of anilines is 1. The van der Waals surface area contributed by atoms with Gasteiger partial charge in [0.2, 0.25) is 0 Å². The number of benzene rings is 2. The molecule has 2 aromatic carbocycles. The molecule has 25 heavy (non-hydrogen) atoms. The monoisotopic (exact) mass is 334 g/mol. The molecule has 0 saturated carbocycles. The predicted octanol–water partition coefficient (Wildman–Crippen LogP) is 3.85. The van der Waals surface area contributed by atoms with Crippen molar-refractivity contribution < 1.29 is 4.79 Å². The van der Waals surface area contributed by atoms with Crippen LogP contribution in [0.5, 0.6) is 0 Å². The van der Waals surface area contributed by atoms with Crippen LogP contribution in [-0.2, 0) is 6.42 Å². The summed E-state index contributed by atoms with van der Waals surface area (Å²) in [7, 11) is 0. The molecule has 0 aliphatic carbocycles. The van der Waals surface area contributed by atoms with Crippen LogP contribution in [0.4, 0.5) is 10.5 Å². The Morgan fingerprint density at radius 1 is 1.08 bits per heavy atom. The van der Waals surface area contributed by atoms with Gasteiger partial charge in [-0.25, -0.2) is 9.48 Å². The standard InChI is InChI=1S/C20H22N4O/c1-15-7-6-10-19(16(15)2)23-20(25)21-12-11-17-13-22-24(14-17)18-8-4-3-5-9-18/h3-10,13-14H,11-12H2,1-2H3,(H2,21,23,25). The maximum Gasteiger partial charge on any atom is 0.319 e. The van der Waals surface area contributed by atoms with E-state index in [4.69, 9.17) is 0 Å². The van der Waals surface area contributed by atoms with Crippen LogP contribution < -0.4 is 10.6 Å². The SMILES string of the molecule is Cc1cccc(NC(=O)NCCc2cnn(-c3ccccc3)c2)c1C. The molecule has 5 nitrogen and oxygen atoms in total. The van der Waals surface area contributed by atoms with Gasteiger partial charge in [-0.05, 0) is 55.2 Å². The van der Waals surface area contributed by atoms with E-state index in [0.29, 0.717) is 6.54 Å². The van der Waals surface area contributed by atoms with Gasteiger partial charge in [0, 0.05) is 18.4 Å². The highest BCUT2D eigenvalue weighted by atomic mass is 16.2. The van der Waals surface area contributed by atoms with Crippen molar-refractivity contribution in [3.63, 3.8) is 0 Å². The highest BCUT2D eigenvalue weighted by Gasteiger charge is 2.06. The van der Waals surface area contributed by atoms with Crippen molar-refractivity contribution in [2.45, 2.75) is 20.3 Å². The molecule has 0 radical (unpaired) electrons. The van der Waals surface area contributed by atoms with E-state index in [1.54, 1.807) is 0 Å². The highest BCUT2D eigenvalue weighted by Crippen LogP contribution is 2.17. The number of hydrogen-bond acceptors (Lipinski definition) is 2. The summed E-state index contributed by atoms with van der Waals surface area (Å²) in [5.74, 6) is 0. The molecule has 1 heterocycles. The van der Waals surface area contributed by atoms with Gasteiger partial charge in [0.15, 0.2) is 0 Å². The first-order chi connectivity index (χ1) is 12.1. The quantitative estimate of drug-likeness (QED) is 0.744.